The zero-order chi connectivity index (χ0) is 18.6. The molecule has 2 rings (SSSR count). The highest BCUT2D eigenvalue weighted by Gasteiger charge is 2.33. The molecule has 0 aliphatic heterocycles. The number of halogens is 6. The van der Waals surface area contributed by atoms with E-state index in [0.29, 0.717) is 0 Å². The number of anilines is 2. The van der Waals surface area contributed by atoms with E-state index in [0.717, 1.165) is 30.3 Å². The van der Waals surface area contributed by atoms with Gasteiger partial charge in [0.15, 0.2) is 0 Å². The van der Waals surface area contributed by atoms with Gasteiger partial charge in [-0.1, -0.05) is 17.7 Å². The van der Waals surface area contributed by atoms with Crippen molar-refractivity contribution in [3.05, 3.63) is 58.6 Å². The van der Waals surface area contributed by atoms with Crippen LogP contribution in [-0.4, -0.2) is 12.5 Å². The topological polar surface area (TPSA) is 41.1 Å². The predicted molar refractivity (Wildman–Crippen MR) is 84.5 cm³/mol. The van der Waals surface area contributed by atoms with Crippen LogP contribution in [0.4, 0.5) is 33.3 Å². The molecule has 25 heavy (non-hydrogen) atoms. The number of nitrogens with one attached hydrogen (secondary N) is 2. The van der Waals surface area contributed by atoms with Crippen LogP contribution in [-0.2, 0) is 11.0 Å². The molecule has 134 valence electrons. The van der Waals surface area contributed by atoms with Gasteiger partial charge in [-0.15, -0.1) is 0 Å². The van der Waals surface area contributed by atoms with Gasteiger partial charge >= 0.3 is 6.18 Å². The molecule has 2 aromatic carbocycles. The maximum atomic E-state index is 13.4. The molecule has 0 aromatic heterocycles. The summed E-state index contributed by atoms with van der Waals surface area (Å²) in [5, 5.41) is 4.43. The van der Waals surface area contributed by atoms with E-state index in [9.17, 15) is 26.7 Å². The van der Waals surface area contributed by atoms with E-state index in [4.69, 9.17) is 11.6 Å². The van der Waals surface area contributed by atoms with E-state index in [1.54, 1.807) is 0 Å². The lowest BCUT2D eigenvalue weighted by Gasteiger charge is -2.15. The Labute approximate surface area is 144 Å². The van der Waals surface area contributed by atoms with E-state index in [1.165, 1.54) is 6.07 Å². The van der Waals surface area contributed by atoms with Crippen LogP contribution in [0.25, 0.3) is 0 Å². The summed E-state index contributed by atoms with van der Waals surface area (Å²) in [6.45, 7) is -0.174. The van der Waals surface area contributed by atoms with Crippen molar-refractivity contribution >= 4 is 28.9 Å². The van der Waals surface area contributed by atoms with Crippen LogP contribution >= 0.6 is 11.6 Å². The highest BCUT2D eigenvalue weighted by Crippen LogP contribution is 2.36. The van der Waals surface area contributed by atoms with Gasteiger partial charge in [0.2, 0.25) is 5.91 Å². The first-order chi connectivity index (χ1) is 11.7. The van der Waals surface area contributed by atoms with E-state index < -0.39 is 35.0 Å². The number of hydrogen-bond acceptors (Lipinski definition) is 2. The van der Waals surface area contributed by atoms with Crippen LogP contribution in [0.1, 0.15) is 12.0 Å². The van der Waals surface area contributed by atoms with Crippen molar-refractivity contribution in [2.75, 3.05) is 17.2 Å². The SMILES string of the molecule is O=C(CCNc1ccc(Cl)cc1C(F)(F)F)Nc1c(F)cccc1F. The molecular formula is C16H12ClF5N2O. The number of carbonyl (C=O) groups is 1. The second kappa shape index (κ2) is 7.69. The van der Waals surface area contributed by atoms with Crippen molar-refractivity contribution in [3.63, 3.8) is 0 Å². The summed E-state index contributed by atoms with van der Waals surface area (Å²) in [6.07, 6.45) is -4.92. The number of alkyl halides is 3. The largest absolute Gasteiger partial charge is 0.418 e. The van der Waals surface area contributed by atoms with Crippen molar-refractivity contribution < 1.29 is 26.7 Å². The van der Waals surface area contributed by atoms with Gasteiger partial charge in [-0.05, 0) is 30.3 Å². The number of hydrogen-bond donors (Lipinski definition) is 2. The summed E-state index contributed by atoms with van der Waals surface area (Å²) < 4.78 is 65.6. The van der Waals surface area contributed by atoms with E-state index in [1.807, 2.05) is 5.32 Å². The number of para-hydroxylation sites is 1. The molecule has 0 aliphatic carbocycles. The van der Waals surface area contributed by atoms with Gasteiger partial charge in [0.25, 0.3) is 0 Å². The van der Waals surface area contributed by atoms with Gasteiger partial charge in [0, 0.05) is 23.7 Å². The molecule has 3 nitrogen and oxygen atoms in total. The second-order valence-electron chi connectivity index (χ2n) is 5.01. The quantitative estimate of drug-likeness (QED) is 0.712. The van der Waals surface area contributed by atoms with Crippen molar-refractivity contribution in [2.45, 2.75) is 12.6 Å². The minimum absolute atomic E-state index is 0.0781. The molecule has 9 heteroatoms. The molecule has 0 spiro atoms. The van der Waals surface area contributed by atoms with Crippen LogP contribution < -0.4 is 10.6 Å². The third kappa shape index (κ3) is 5.06. The van der Waals surface area contributed by atoms with E-state index in [2.05, 4.69) is 5.32 Å². The molecule has 0 radical (unpaired) electrons. The molecule has 2 N–H and O–H groups in total. The van der Waals surface area contributed by atoms with Gasteiger partial charge in [-0.2, -0.15) is 13.2 Å². The fourth-order valence-electron chi connectivity index (χ4n) is 2.04. The first-order valence-electron chi connectivity index (χ1n) is 7.03. The lowest BCUT2D eigenvalue weighted by Crippen LogP contribution is -2.19. The standard InChI is InChI=1S/C16H12ClF5N2O/c17-9-4-5-13(10(8-9)16(20,21)22)23-7-6-14(25)24-15-11(18)2-1-3-12(15)19/h1-5,8,23H,6-7H2,(H,24,25). The molecule has 0 fully saturated rings. The van der Waals surface area contributed by atoms with Crippen LogP contribution in [0.5, 0.6) is 0 Å². The number of amides is 1. The van der Waals surface area contributed by atoms with Gasteiger partial charge in [0.1, 0.15) is 17.3 Å². The third-order valence-corrected chi connectivity index (χ3v) is 3.42. The van der Waals surface area contributed by atoms with Crippen LogP contribution in [0, 0.1) is 11.6 Å². The Morgan fingerprint density at radius 2 is 1.72 bits per heavy atom. The minimum Gasteiger partial charge on any atom is -0.384 e. The van der Waals surface area contributed by atoms with Crippen LogP contribution in [0.15, 0.2) is 36.4 Å². The summed E-state index contributed by atoms with van der Waals surface area (Å²) in [5.41, 5.74) is -1.82. The molecule has 2 aromatic rings. The van der Waals surface area contributed by atoms with Gasteiger partial charge in [0.05, 0.1) is 5.56 Å². The Hall–Kier alpha value is -2.35. The van der Waals surface area contributed by atoms with Crippen LogP contribution in [0.2, 0.25) is 5.02 Å². The highest BCUT2D eigenvalue weighted by atomic mass is 35.5. The summed E-state index contributed by atoms with van der Waals surface area (Å²) in [4.78, 5) is 11.7. The number of benzene rings is 2. The smallest absolute Gasteiger partial charge is 0.384 e. The zero-order valence-corrected chi connectivity index (χ0v) is 13.3. The maximum Gasteiger partial charge on any atom is 0.418 e. The summed E-state index contributed by atoms with van der Waals surface area (Å²) >= 11 is 5.56. The Morgan fingerprint density at radius 3 is 2.32 bits per heavy atom. The fourth-order valence-corrected chi connectivity index (χ4v) is 2.21. The number of carbonyl (C=O) groups excluding carboxylic acids is 1. The lowest BCUT2D eigenvalue weighted by atomic mass is 10.1. The Balaban J connectivity index is 1.98. The molecule has 0 atom stereocenters. The van der Waals surface area contributed by atoms with Crippen LogP contribution in [0.3, 0.4) is 0 Å². The summed E-state index contributed by atoms with van der Waals surface area (Å²) in [6, 6.07) is 6.26. The molecule has 1 amide bonds. The molecule has 0 aliphatic rings. The van der Waals surface area contributed by atoms with Gasteiger partial charge < -0.3 is 10.6 Å². The van der Waals surface area contributed by atoms with Crippen molar-refractivity contribution in [3.8, 4) is 0 Å². The lowest BCUT2D eigenvalue weighted by molar-refractivity contribution is -0.137. The minimum atomic E-state index is -4.62. The van der Waals surface area contributed by atoms with E-state index in [-0.39, 0.29) is 23.7 Å². The number of rotatable bonds is 5. The second-order valence-corrected chi connectivity index (χ2v) is 5.45. The van der Waals surface area contributed by atoms with Crippen molar-refractivity contribution in [1.82, 2.24) is 0 Å². The summed E-state index contributed by atoms with van der Waals surface area (Å²) in [5.74, 6) is -2.64. The summed E-state index contributed by atoms with van der Waals surface area (Å²) in [7, 11) is 0. The van der Waals surface area contributed by atoms with Crippen molar-refractivity contribution in [1.29, 1.82) is 0 Å². The fraction of sp³-hybridized carbons (Fsp3) is 0.188. The van der Waals surface area contributed by atoms with E-state index >= 15 is 0 Å². The Kier molecular flexibility index (Phi) is 5.84. The molecule has 0 bridgehead atoms. The van der Waals surface area contributed by atoms with Gasteiger partial charge in [-0.25, -0.2) is 8.78 Å². The first-order valence-corrected chi connectivity index (χ1v) is 7.41. The average molecular weight is 379 g/mol. The monoisotopic (exact) mass is 378 g/mol. The molecular weight excluding hydrogens is 367 g/mol. The Morgan fingerprint density at radius 1 is 1.08 bits per heavy atom. The van der Waals surface area contributed by atoms with Gasteiger partial charge in [-0.3, -0.25) is 4.79 Å². The normalized spacial score (nSPS) is 11.3. The molecule has 0 unspecified atom stereocenters. The van der Waals surface area contributed by atoms with Crippen molar-refractivity contribution in [2.24, 2.45) is 0 Å². The average Bonchev–Trinajstić information content (AvgIpc) is 2.51. The molecule has 0 saturated heterocycles. The highest BCUT2D eigenvalue weighted by molar-refractivity contribution is 6.30. The third-order valence-electron chi connectivity index (χ3n) is 3.18. The first kappa shape index (κ1) is 19.0. The predicted octanol–water partition coefficient (Wildman–Crippen LogP) is 5.08. The molecule has 0 saturated carbocycles. The zero-order valence-electron chi connectivity index (χ0n) is 12.6. The molecule has 0 heterocycles. The maximum absolute atomic E-state index is 13.4. The Bertz CT molecular complexity index is 759.